The minimum absolute atomic E-state index is 0.00700. The predicted octanol–water partition coefficient (Wildman–Crippen LogP) is 3.78. The van der Waals surface area contributed by atoms with Gasteiger partial charge >= 0.3 is 6.18 Å². The number of alkyl halides is 3. The van der Waals surface area contributed by atoms with Gasteiger partial charge in [0.15, 0.2) is 11.6 Å². The van der Waals surface area contributed by atoms with E-state index in [0.29, 0.717) is 0 Å². The monoisotopic (exact) mass is 400 g/mol. The van der Waals surface area contributed by atoms with Crippen LogP contribution in [0.5, 0.6) is 0 Å². The van der Waals surface area contributed by atoms with Crippen molar-refractivity contribution in [2.24, 2.45) is 0 Å². The molecule has 0 aromatic carbocycles. The summed E-state index contributed by atoms with van der Waals surface area (Å²) in [5.74, 6) is 0.291. The molecule has 3 aromatic heterocycles. The molecule has 3 heterocycles. The van der Waals surface area contributed by atoms with Crippen molar-refractivity contribution < 1.29 is 13.2 Å². The van der Waals surface area contributed by atoms with E-state index in [4.69, 9.17) is 0 Å². The summed E-state index contributed by atoms with van der Waals surface area (Å²) in [6.45, 7) is 3.71. The summed E-state index contributed by atoms with van der Waals surface area (Å²) in [7, 11) is 0. The fourth-order valence-corrected chi connectivity index (χ4v) is 2.29. The molecule has 0 bridgehead atoms. The van der Waals surface area contributed by atoms with Gasteiger partial charge < -0.3 is 10.6 Å². The average Bonchev–Trinajstić information content (AvgIpc) is 2.67. The van der Waals surface area contributed by atoms with E-state index in [0.717, 1.165) is 6.07 Å². The minimum Gasteiger partial charge on any atom is -0.352 e. The number of halogens is 3. The Morgan fingerprint density at radius 1 is 1.00 bits per heavy atom. The quantitative estimate of drug-likeness (QED) is 0.665. The van der Waals surface area contributed by atoms with Crippen molar-refractivity contribution in [1.29, 1.82) is 5.26 Å². The second kappa shape index (κ2) is 8.05. The first-order valence-electron chi connectivity index (χ1n) is 8.45. The highest BCUT2D eigenvalue weighted by molar-refractivity contribution is 5.61. The van der Waals surface area contributed by atoms with Gasteiger partial charge in [0.2, 0.25) is 11.9 Å². The number of hydrogen-bond donors (Lipinski definition) is 2. The van der Waals surface area contributed by atoms with Gasteiger partial charge in [-0.3, -0.25) is 0 Å². The van der Waals surface area contributed by atoms with E-state index in [2.05, 4.69) is 35.6 Å². The lowest BCUT2D eigenvalue weighted by molar-refractivity contribution is -0.141. The van der Waals surface area contributed by atoms with Crippen LogP contribution in [0.3, 0.4) is 0 Å². The first-order chi connectivity index (χ1) is 13.8. The number of hydrogen-bond acceptors (Lipinski definition) is 8. The lowest BCUT2D eigenvalue weighted by Crippen LogP contribution is -2.15. The van der Waals surface area contributed by atoms with Crippen LogP contribution in [-0.2, 0) is 6.18 Å². The van der Waals surface area contributed by atoms with Crippen LogP contribution < -0.4 is 10.6 Å². The first-order valence-corrected chi connectivity index (χ1v) is 8.45. The maximum atomic E-state index is 13.0. The Kier molecular flexibility index (Phi) is 5.54. The first kappa shape index (κ1) is 19.9. The molecular weight excluding hydrogens is 385 g/mol. The number of anilines is 3. The number of aromatic nitrogens is 5. The van der Waals surface area contributed by atoms with Crippen molar-refractivity contribution in [2.75, 3.05) is 10.6 Å². The lowest BCUT2D eigenvalue weighted by atomic mass is 10.3. The predicted molar refractivity (Wildman–Crippen MR) is 99.1 cm³/mol. The molecule has 0 saturated carbocycles. The van der Waals surface area contributed by atoms with Gasteiger partial charge in [-0.05, 0) is 38.1 Å². The number of nitriles is 1. The minimum atomic E-state index is -4.60. The Bertz CT molecular complexity index is 1060. The summed E-state index contributed by atoms with van der Waals surface area (Å²) < 4.78 is 39.0. The lowest BCUT2D eigenvalue weighted by Gasteiger charge is -2.12. The van der Waals surface area contributed by atoms with Gasteiger partial charge in [0.05, 0.1) is 5.56 Å². The number of nitrogens with one attached hydrogen (secondary N) is 2. The summed E-state index contributed by atoms with van der Waals surface area (Å²) >= 11 is 0. The summed E-state index contributed by atoms with van der Waals surface area (Å²) in [6, 6.07) is 8.55. The molecule has 0 spiro atoms. The van der Waals surface area contributed by atoms with Crippen LogP contribution in [0.2, 0.25) is 0 Å². The fourth-order valence-electron chi connectivity index (χ4n) is 2.29. The zero-order valence-electron chi connectivity index (χ0n) is 15.4. The van der Waals surface area contributed by atoms with E-state index in [9.17, 15) is 18.4 Å². The highest BCUT2D eigenvalue weighted by atomic mass is 19.4. The molecule has 29 heavy (non-hydrogen) atoms. The summed E-state index contributed by atoms with van der Waals surface area (Å²) in [5.41, 5.74) is -0.872. The van der Waals surface area contributed by atoms with Crippen molar-refractivity contribution in [2.45, 2.75) is 26.1 Å². The molecule has 0 fully saturated rings. The largest absolute Gasteiger partial charge is 0.433 e. The van der Waals surface area contributed by atoms with Crippen molar-refractivity contribution in [3.8, 4) is 17.6 Å². The van der Waals surface area contributed by atoms with Crippen molar-refractivity contribution >= 4 is 17.7 Å². The third-order valence-corrected chi connectivity index (χ3v) is 3.48. The third kappa shape index (κ3) is 4.92. The number of nitrogens with zero attached hydrogens (tertiary/aromatic N) is 6. The molecule has 0 aliphatic heterocycles. The molecular formula is C18H15F3N8. The molecule has 2 N–H and O–H groups in total. The van der Waals surface area contributed by atoms with Gasteiger partial charge in [-0.1, -0.05) is 6.07 Å². The molecule has 0 aliphatic carbocycles. The molecule has 0 amide bonds. The smallest absolute Gasteiger partial charge is 0.352 e. The molecule has 8 nitrogen and oxygen atoms in total. The van der Waals surface area contributed by atoms with E-state index >= 15 is 0 Å². The van der Waals surface area contributed by atoms with Crippen LogP contribution in [0.4, 0.5) is 30.9 Å². The van der Waals surface area contributed by atoms with Crippen molar-refractivity contribution in [3.63, 3.8) is 0 Å². The normalized spacial score (nSPS) is 11.2. The zero-order chi connectivity index (χ0) is 21.0. The molecule has 0 saturated heterocycles. The third-order valence-electron chi connectivity index (χ3n) is 3.48. The van der Waals surface area contributed by atoms with Gasteiger partial charge in [-0.25, -0.2) is 9.97 Å². The molecule has 11 heteroatoms. The second-order valence-corrected chi connectivity index (χ2v) is 6.15. The molecule has 3 aromatic rings. The Balaban J connectivity index is 2.06. The second-order valence-electron chi connectivity index (χ2n) is 6.15. The maximum Gasteiger partial charge on any atom is 0.433 e. The van der Waals surface area contributed by atoms with Gasteiger partial charge in [-0.15, -0.1) is 0 Å². The topological polar surface area (TPSA) is 112 Å². The van der Waals surface area contributed by atoms with E-state index in [1.54, 1.807) is 12.1 Å². The van der Waals surface area contributed by atoms with Crippen LogP contribution in [0.1, 0.15) is 25.1 Å². The van der Waals surface area contributed by atoms with Crippen LogP contribution in [0.25, 0.3) is 11.5 Å². The molecule has 0 aliphatic rings. The highest BCUT2D eigenvalue weighted by Crippen LogP contribution is 2.29. The Morgan fingerprint density at radius 3 is 2.45 bits per heavy atom. The van der Waals surface area contributed by atoms with Crippen LogP contribution in [-0.4, -0.2) is 31.0 Å². The SMILES string of the molecule is CC(C)Nc1nc(Nc2ncccc2C#N)nc(-c2cccc(C(F)(F)F)n2)n1. The van der Waals surface area contributed by atoms with E-state index in [-0.39, 0.29) is 40.8 Å². The van der Waals surface area contributed by atoms with Gasteiger partial charge in [0.1, 0.15) is 17.5 Å². The van der Waals surface area contributed by atoms with Crippen molar-refractivity contribution in [1.82, 2.24) is 24.9 Å². The summed E-state index contributed by atoms with van der Waals surface area (Å²) in [6.07, 6.45) is -3.12. The Labute approximate surface area is 163 Å². The summed E-state index contributed by atoms with van der Waals surface area (Å²) in [4.78, 5) is 20.2. The van der Waals surface area contributed by atoms with Gasteiger partial charge in [0, 0.05) is 12.2 Å². The Hall–Kier alpha value is -3.81. The highest BCUT2D eigenvalue weighted by Gasteiger charge is 2.32. The molecule has 3 rings (SSSR count). The maximum absolute atomic E-state index is 13.0. The number of rotatable bonds is 5. The number of pyridine rings is 2. The van der Waals surface area contributed by atoms with Crippen LogP contribution >= 0.6 is 0 Å². The molecule has 0 unspecified atom stereocenters. The van der Waals surface area contributed by atoms with Crippen molar-refractivity contribution in [3.05, 3.63) is 47.8 Å². The van der Waals surface area contributed by atoms with Gasteiger partial charge in [0.25, 0.3) is 0 Å². The molecule has 148 valence electrons. The van der Waals surface area contributed by atoms with Crippen LogP contribution in [0.15, 0.2) is 36.5 Å². The van der Waals surface area contributed by atoms with Gasteiger partial charge in [-0.2, -0.15) is 33.4 Å². The molecule has 0 atom stereocenters. The molecule has 0 radical (unpaired) electrons. The van der Waals surface area contributed by atoms with E-state index in [1.807, 2.05) is 19.9 Å². The van der Waals surface area contributed by atoms with E-state index < -0.39 is 11.9 Å². The van der Waals surface area contributed by atoms with E-state index in [1.165, 1.54) is 18.3 Å². The average molecular weight is 400 g/mol. The summed E-state index contributed by atoms with van der Waals surface area (Å²) in [5, 5.41) is 15.0. The van der Waals surface area contributed by atoms with Crippen LogP contribution in [0, 0.1) is 11.3 Å². The zero-order valence-corrected chi connectivity index (χ0v) is 15.4. The Morgan fingerprint density at radius 2 is 1.76 bits per heavy atom. The fraction of sp³-hybridized carbons (Fsp3) is 0.222. The standard InChI is InChI=1S/C18H15F3N8/c1-10(2)24-16-27-15(12-6-3-7-13(25-12)18(19,20)21)28-17(29-16)26-14-11(9-22)5-4-8-23-14/h3-8,10H,1-2H3,(H2,23,24,26,27,28,29).